The molecule has 0 aliphatic heterocycles. The largest absolute Gasteiger partial charge is 0.496 e. The zero-order valence-electron chi connectivity index (χ0n) is 22.7. The predicted octanol–water partition coefficient (Wildman–Crippen LogP) is 8.99. The Balaban J connectivity index is 1.59. The number of fused-ring (bicyclic) bond motifs is 5. The Hall–Kier alpha value is -4.56. The van der Waals surface area contributed by atoms with Gasteiger partial charge in [0.1, 0.15) is 11.5 Å². The summed E-state index contributed by atoms with van der Waals surface area (Å²) in [7, 11) is 3.47. The highest BCUT2D eigenvalue weighted by atomic mass is 16.5. The second kappa shape index (κ2) is 8.74. The van der Waals surface area contributed by atoms with Gasteiger partial charge < -0.3 is 9.47 Å². The summed E-state index contributed by atoms with van der Waals surface area (Å²) < 4.78 is 11.2. The molecule has 0 atom stereocenters. The van der Waals surface area contributed by atoms with Crippen LogP contribution in [0.5, 0.6) is 11.5 Å². The molecule has 0 radical (unpaired) electrons. The van der Waals surface area contributed by atoms with Crippen LogP contribution in [0.15, 0.2) is 109 Å². The highest BCUT2D eigenvalue weighted by molar-refractivity contribution is 5.92. The van der Waals surface area contributed by atoms with E-state index in [1.54, 1.807) is 14.2 Å². The first-order valence-electron chi connectivity index (χ1n) is 13.4. The van der Waals surface area contributed by atoms with E-state index in [1.807, 2.05) is 0 Å². The molecule has 7 rings (SSSR count). The van der Waals surface area contributed by atoms with Crippen LogP contribution in [0.3, 0.4) is 0 Å². The molecule has 0 fully saturated rings. The molecule has 0 N–H and O–H groups in total. The monoisotopic (exact) mass is 506 g/mol. The summed E-state index contributed by atoms with van der Waals surface area (Å²) in [5, 5.41) is 4.79. The Bertz CT molecular complexity index is 1770. The molecule has 190 valence electrons. The van der Waals surface area contributed by atoms with E-state index in [0.29, 0.717) is 0 Å². The average Bonchev–Trinajstić information content (AvgIpc) is 3.27. The Kier molecular flexibility index (Phi) is 5.28. The van der Waals surface area contributed by atoms with E-state index in [0.717, 1.165) is 22.6 Å². The van der Waals surface area contributed by atoms with Gasteiger partial charge in [0.15, 0.2) is 0 Å². The van der Waals surface area contributed by atoms with Crippen molar-refractivity contribution >= 4 is 21.5 Å². The molecule has 2 nitrogen and oxygen atoms in total. The second-order valence-electron chi connectivity index (χ2n) is 10.6. The van der Waals surface area contributed by atoms with Crippen LogP contribution in [0.1, 0.15) is 33.4 Å². The van der Waals surface area contributed by atoms with Gasteiger partial charge in [0.2, 0.25) is 0 Å². The van der Waals surface area contributed by atoms with Gasteiger partial charge in [-0.3, -0.25) is 0 Å². The Labute approximate surface area is 229 Å². The van der Waals surface area contributed by atoms with Crippen LogP contribution in [0.2, 0.25) is 0 Å². The molecule has 0 saturated carbocycles. The fourth-order valence-electron chi connectivity index (χ4n) is 6.71. The minimum absolute atomic E-state index is 0.447. The van der Waals surface area contributed by atoms with Gasteiger partial charge in [-0.05, 0) is 116 Å². The van der Waals surface area contributed by atoms with Crippen molar-refractivity contribution in [3.8, 4) is 22.6 Å². The number of methoxy groups -OCH3 is 2. The zero-order valence-corrected chi connectivity index (χ0v) is 22.7. The highest BCUT2D eigenvalue weighted by Gasteiger charge is 2.46. The zero-order chi connectivity index (χ0) is 26.7. The van der Waals surface area contributed by atoms with Gasteiger partial charge >= 0.3 is 0 Å². The molecule has 1 aliphatic rings. The van der Waals surface area contributed by atoms with Crippen molar-refractivity contribution in [2.75, 3.05) is 14.2 Å². The lowest BCUT2D eigenvalue weighted by molar-refractivity contribution is 0.412. The third-order valence-electron chi connectivity index (χ3n) is 8.53. The second-order valence-corrected chi connectivity index (χ2v) is 10.6. The smallest absolute Gasteiger partial charge is 0.122 e. The molecule has 0 bridgehead atoms. The molecular formula is C37H30O2. The molecule has 0 amide bonds. The molecule has 39 heavy (non-hydrogen) atoms. The number of aryl methyl sites for hydroxylation is 2. The molecule has 0 heterocycles. The lowest BCUT2D eigenvalue weighted by Crippen LogP contribution is -2.28. The maximum absolute atomic E-state index is 5.62. The molecule has 1 aliphatic carbocycles. The van der Waals surface area contributed by atoms with Crippen molar-refractivity contribution in [3.05, 3.63) is 143 Å². The predicted molar refractivity (Wildman–Crippen MR) is 161 cm³/mol. The summed E-state index contributed by atoms with van der Waals surface area (Å²) in [6.07, 6.45) is 0. The van der Waals surface area contributed by atoms with Crippen molar-refractivity contribution in [1.82, 2.24) is 0 Å². The summed E-state index contributed by atoms with van der Waals surface area (Å²) in [4.78, 5) is 0. The molecule has 0 aromatic heterocycles. The number of hydrogen-bond donors (Lipinski definition) is 0. The first kappa shape index (κ1) is 23.5. The standard InChI is InChI=1S/C37H30O2/c1-23-17-27-19-29(15-13-25(27)21-35(23)38-3)37(30-16-14-26-22-36(39-4)24(2)18-28(26)20-30)33-11-7-5-9-31(33)32-10-6-8-12-34(32)37/h5-22H,1-4H3. The molecular weight excluding hydrogens is 476 g/mol. The van der Waals surface area contributed by atoms with Crippen molar-refractivity contribution in [1.29, 1.82) is 0 Å². The topological polar surface area (TPSA) is 18.5 Å². The van der Waals surface area contributed by atoms with Crippen LogP contribution in [0.25, 0.3) is 32.7 Å². The van der Waals surface area contributed by atoms with Gasteiger partial charge in [-0.15, -0.1) is 0 Å². The van der Waals surface area contributed by atoms with Gasteiger partial charge in [0.05, 0.1) is 19.6 Å². The maximum Gasteiger partial charge on any atom is 0.122 e. The number of benzene rings is 6. The van der Waals surface area contributed by atoms with Crippen molar-refractivity contribution in [2.24, 2.45) is 0 Å². The number of rotatable bonds is 4. The third-order valence-corrected chi connectivity index (χ3v) is 8.53. The normalized spacial score (nSPS) is 13.3. The average molecular weight is 507 g/mol. The molecule has 0 spiro atoms. The lowest BCUT2D eigenvalue weighted by atomic mass is 9.67. The summed E-state index contributed by atoms with van der Waals surface area (Å²) >= 11 is 0. The highest BCUT2D eigenvalue weighted by Crippen LogP contribution is 2.56. The number of ether oxygens (including phenoxy) is 2. The quantitative estimate of drug-likeness (QED) is 0.237. The molecule has 6 aromatic rings. The van der Waals surface area contributed by atoms with Gasteiger partial charge in [-0.25, -0.2) is 0 Å². The van der Waals surface area contributed by atoms with Crippen LogP contribution in [-0.2, 0) is 5.41 Å². The fourth-order valence-corrected chi connectivity index (χ4v) is 6.71. The Morgan fingerprint density at radius 3 is 1.33 bits per heavy atom. The van der Waals surface area contributed by atoms with E-state index >= 15 is 0 Å². The molecule has 0 unspecified atom stereocenters. The first-order chi connectivity index (χ1) is 19.0. The minimum Gasteiger partial charge on any atom is -0.496 e. The van der Waals surface area contributed by atoms with Crippen molar-refractivity contribution in [3.63, 3.8) is 0 Å². The summed E-state index contributed by atoms with van der Waals surface area (Å²) in [6.45, 7) is 4.22. The summed E-state index contributed by atoms with van der Waals surface area (Å²) in [6, 6.07) is 40.4. The first-order valence-corrected chi connectivity index (χ1v) is 13.4. The van der Waals surface area contributed by atoms with E-state index in [9.17, 15) is 0 Å². The van der Waals surface area contributed by atoms with Crippen molar-refractivity contribution < 1.29 is 9.47 Å². The van der Waals surface area contributed by atoms with Crippen LogP contribution in [0, 0.1) is 13.8 Å². The van der Waals surface area contributed by atoms with Gasteiger partial charge in [-0.2, -0.15) is 0 Å². The Morgan fingerprint density at radius 1 is 0.462 bits per heavy atom. The van der Waals surface area contributed by atoms with Crippen LogP contribution < -0.4 is 9.47 Å². The van der Waals surface area contributed by atoms with Gasteiger partial charge in [-0.1, -0.05) is 72.8 Å². The van der Waals surface area contributed by atoms with Gasteiger partial charge in [0, 0.05) is 0 Å². The molecule has 6 aromatic carbocycles. The van der Waals surface area contributed by atoms with Gasteiger partial charge in [0.25, 0.3) is 0 Å². The van der Waals surface area contributed by atoms with E-state index in [2.05, 4.69) is 123 Å². The third kappa shape index (κ3) is 3.34. The summed E-state index contributed by atoms with van der Waals surface area (Å²) in [5.74, 6) is 1.84. The SMILES string of the molecule is COc1cc2ccc(C3(c4ccc5cc(OC)c(C)cc5c4)c4ccccc4-c4ccccc43)cc2cc1C. The minimum atomic E-state index is -0.447. The van der Waals surface area contributed by atoms with E-state index in [1.165, 1.54) is 54.9 Å². The Morgan fingerprint density at radius 2 is 0.897 bits per heavy atom. The maximum atomic E-state index is 5.62. The number of hydrogen-bond acceptors (Lipinski definition) is 2. The summed E-state index contributed by atoms with van der Waals surface area (Å²) in [5.41, 5.74) is 9.59. The fraction of sp³-hybridized carbons (Fsp3) is 0.135. The molecule has 2 heteroatoms. The van der Waals surface area contributed by atoms with E-state index in [-0.39, 0.29) is 0 Å². The van der Waals surface area contributed by atoms with E-state index < -0.39 is 5.41 Å². The molecule has 0 saturated heterocycles. The van der Waals surface area contributed by atoms with Crippen LogP contribution in [0.4, 0.5) is 0 Å². The van der Waals surface area contributed by atoms with Crippen LogP contribution in [-0.4, -0.2) is 14.2 Å². The lowest BCUT2D eigenvalue weighted by Gasteiger charge is -2.34. The van der Waals surface area contributed by atoms with Crippen molar-refractivity contribution in [2.45, 2.75) is 19.3 Å². The van der Waals surface area contributed by atoms with Crippen LogP contribution >= 0.6 is 0 Å². The van der Waals surface area contributed by atoms with E-state index in [4.69, 9.17) is 9.47 Å².